The summed E-state index contributed by atoms with van der Waals surface area (Å²) < 4.78 is 32.4. The average molecular weight is 463 g/mol. The molecule has 0 aromatic carbocycles. The highest BCUT2D eigenvalue weighted by molar-refractivity contribution is 5.69. The van der Waals surface area contributed by atoms with Gasteiger partial charge < -0.3 is 28.4 Å². The van der Waals surface area contributed by atoms with E-state index in [2.05, 4.69) is 13.8 Å². The third kappa shape index (κ3) is 27.3. The van der Waals surface area contributed by atoms with Crippen molar-refractivity contribution in [3.8, 4) is 0 Å². The Hall–Kier alpha value is -0.730. The van der Waals surface area contributed by atoms with Crippen LogP contribution in [0, 0.1) is 0 Å². The third-order valence-electron chi connectivity index (χ3n) is 4.86. The summed E-state index contributed by atoms with van der Waals surface area (Å²) in [6, 6.07) is 0. The van der Waals surface area contributed by atoms with Gasteiger partial charge in [-0.3, -0.25) is 4.79 Å². The molecule has 0 saturated carbocycles. The molecule has 0 aliphatic rings. The van der Waals surface area contributed by atoms with E-state index in [4.69, 9.17) is 28.4 Å². The van der Waals surface area contributed by atoms with Gasteiger partial charge in [0.05, 0.1) is 59.5 Å². The van der Waals surface area contributed by atoms with E-state index >= 15 is 0 Å². The zero-order chi connectivity index (χ0) is 23.4. The fourth-order valence-corrected chi connectivity index (χ4v) is 2.95. The molecule has 0 aliphatic heterocycles. The van der Waals surface area contributed by atoms with Crippen LogP contribution in [0.25, 0.3) is 0 Å². The maximum absolute atomic E-state index is 11.5. The van der Waals surface area contributed by atoms with Crippen LogP contribution in [0.5, 0.6) is 0 Å². The lowest BCUT2D eigenvalue weighted by Gasteiger charge is -2.08. The molecule has 0 unspecified atom stereocenters. The van der Waals surface area contributed by atoms with E-state index in [-0.39, 0.29) is 5.97 Å². The van der Waals surface area contributed by atoms with Crippen molar-refractivity contribution in [2.24, 2.45) is 0 Å². The molecule has 32 heavy (non-hydrogen) atoms. The van der Waals surface area contributed by atoms with Crippen LogP contribution in [0.15, 0.2) is 0 Å². The molecule has 0 N–H and O–H groups in total. The summed E-state index contributed by atoms with van der Waals surface area (Å²) in [6.07, 6.45) is 12.5. The second kappa shape index (κ2) is 28.3. The van der Waals surface area contributed by atoms with Gasteiger partial charge in [-0.25, -0.2) is 0 Å². The van der Waals surface area contributed by atoms with Crippen molar-refractivity contribution in [2.75, 3.05) is 72.7 Å². The van der Waals surface area contributed by atoms with Crippen molar-refractivity contribution in [3.63, 3.8) is 0 Å². The topological polar surface area (TPSA) is 72.5 Å². The van der Waals surface area contributed by atoms with Crippen LogP contribution in [0.4, 0.5) is 0 Å². The molecule has 7 heteroatoms. The highest BCUT2D eigenvalue weighted by Crippen LogP contribution is 2.05. The van der Waals surface area contributed by atoms with Crippen molar-refractivity contribution < 1.29 is 33.2 Å². The number of hydrogen-bond donors (Lipinski definition) is 0. The Labute approximate surface area is 196 Å². The summed E-state index contributed by atoms with van der Waals surface area (Å²) in [5.74, 6) is -0.132. The van der Waals surface area contributed by atoms with Gasteiger partial charge in [0.15, 0.2) is 0 Å². The van der Waals surface area contributed by atoms with E-state index in [0.717, 1.165) is 25.9 Å². The number of ether oxygens (including phenoxy) is 6. The highest BCUT2D eigenvalue weighted by atomic mass is 16.6. The molecule has 0 rings (SSSR count). The van der Waals surface area contributed by atoms with Crippen LogP contribution in [-0.2, 0) is 33.2 Å². The smallest absolute Gasteiger partial charge is 0.305 e. The lowest BCUT2D eigenvalue weighted by Crippen LogP contribution is -2.15. The molecule has 192 valence electrons. The van der Waals surface area contributed by atoms with Crippen LogP contribution in [0.3, 0.4) is 0 Å². The molecule has 0 fully saturated rings. The predicted molar refractivity (Wildman–Crippen MR) is 127 cm³/mol. The predicted octanol–water partition coefficient (Wildman–Crippen LogP) is 4.94. The Morgan fingerprint density at radius 3 is 1.28 bits per heavy atom. The van der Waals surface area contributed by atoms with E-state index < -0.39 is 0 Å². The van der Waals surface area contributed by atoms with Crippen molar-refractivity contribution in [1.82, 2.24) is 0 Å². The molecule has 0 heterocycles. The van der Waals surface area contributed by atoms with E-state index in [9.17, 15) is 4.79 Å². The fourth-order valence-electron chi connectivity index (χ4n) is 2.95. The summed E-state index contributed by atoms with van der Waals surface area (Å²) in [7, 11) is 0. The van der Waals surface area contributed by atoms with E-state index in [1.54, 1.807) is 0 Å². The van der Waals surface area contributed by atoms with Crippen LogP contribution in [-0.4, -0.2) is 78.6 Å². The number of carbonyl (C=O) groups excluding carboxylic acids is 1. The van der Waals surface area contributed by atoms with Gasteiger partial charge in [-0.1, -0.05) is 65.2 Å². The van der Waals surface area contributed by atoms with Crippen LogP contribution in [0.1, 0.15) is 84.5 Å². The summed E-state index contributed by atoms with van der Waals surface area (Å²) in [6.45, 7) is 10.4. The van der Waals surface area contributed by atoms with Gasteiger partial charge in [0.2, 0.25) is 0 Å². The van der Waals surface area contributed by atoms with E-state index in [1.165, 1.54) is 44.9 Å². The number of esters is 1. The maximum atomic E-state index is 11.5. The quantitative estimate of drug-likeness (QED) is 0.126. The number of carbonyl (C=O) groups is 1. The Balaban J connectivity index is 3.08. The first-order chi connectivity index (χ1) is 15.8. The van der Waals surface area contributed by atoms with Crippen LogP contribution in [0.2, 0.25) is 0 Å². The largest absolute Gasteiger partial charge is 0.463 e. The van der Waals surface area contributed by atoms with Gasteiger partial charge >= 0.3 is 5.97 Å². The number of rotatable bonds is 27. The lowest BCUT2D eigenvalue weighted by molar-refractivity contribution is -0.145. The van der Waals surface area contributed by atoms with Gasteiger partial charge in [0, 0.05) is 13.0 Å². The molecule has 0 bridgehead atoms. The second-order valence-electron chi connectivity index (χ2n) is 7.86. The monoisotopic (exact) mass is 462 g/mol. The molecule has 0 aliphatic carbocycles. The Morgan fingerprint density at radius 2 is 0.812 bits per heavy atom. The number of unbranched alkanes of at least 4 members (excludes halogenated alkanes) is 8. The molecular weight excluding hydrogens is 412 g/mol. The van der Waals surface area contributed by atoms with Crippen molar-refractivity contribution in [1.29, 1.82) is 0 Å². The minimum absolute atomic E-state index is 0.132. The fraction of sp³-hybridized carbons (Fsp3) is 0.960. The normalized spacial score (nSPS) is 11.2. The van der Waals surface area contributed by atoms with Gasteiger partial charge in [-0.05, 0) is 12.8 Å². The summed E-state index contributed by atoms with van der Waals surface area (Å²) >= 11 is 0. The van der Waals surface area contributed by atoms with E-state index in [1.807, 2.05) is 0 Å². The molecule has 0 amide bonds. The first-order valence-electron chi connectivity index (χ1n) is 12.9. The Bertz CT molecular complexity index is 366. The van der Waals surface area contributed by atoms with Crippen molar-refractivity contribution in [3.05, 3.63) is 0 Å². The first kappa shape index (κ1) is 31.3. The minimum atomic E-state index is -0.132. The van der Waals surface area contributed by atoms with Gasteiger partial charge in [-0.15, -0.1) is 0 Å². The molecule has 0 radical (unpaired) electrons. The third-order valence-corrected chi connectivity index (χ3v) is 4.86. The Morgan fingerprint density at radius 1 is 0.438 bits per heavy atom. The first-order valence-corrected chi connectivity index (χ1v) is 12.9. The molecule has 7 nitrogen and oxygen atoms in total. The number of hydrogen-bond acceptors (Lipinski definition) is 7. The van der Waals surface area contributed by atoms with Gasteiger partial charge in [-0.2, -0.15) is 0 Å². The van der Waals surface area contributed by atoms with Crippen LogP contribution >= 0.6 is 0 Å². The van der Waals surface area contributed by atoms with Crippen molar-refractivity contribution in [2.45, 2.75) is 84.5 Å². The molecule has 0 atom stereocenters. The summed E-state index contributed by atoms with van der Waals surface area (Å²) in [5, 5.41) is 0. The molecule has 0 aromatic rings. The van der Waals surface area contributed by atoms with Gasteiger partial charge in [0.1, 0.15) is 6.61 Å². The Kier molecular flexibility index (Phi) is 27.7. The SMILES string of the molecule is CCCCCCCOCCOCCOCCOCCOCCOC(=O)CCCCCCC. The second-order valence-corrected chi connectivity index (χ2v) is 7.86. The zero-order valence-corrected chi connectivity index (χ0v) is 20.9. The molecule has 0 saturated heterocycles. The standard InChI is InChI=1S/C25H50O7/c1-3-5-7-9-11-13-25(26)32-24-23-31-22-21-30-20-19-29-18-17-28-16-15-27-14-12-10-8-6-4-2/h3-24H2,1-2H3. The maximum Gasteiger partial charge on any atom is 0.305 e. The minimum Gasteiger partial charge on any atom is -0.463 e. The molecule has 0 aromatic heterocycles. The van der Waals surface area contributed by atoms with Crippen LogP contribution < -0.4 is 0 Å². The summed E-state index contributed by atoms with van der Waals surface area (Å²) in [4.78, 5) is 11.5. The lowest BCUT2D eigenvalue weighted by atomic mass is 10.1. The summed E-state index contributed by atoms with van der Waals surface area (Å²) in [5.41, 5.74) is 0. The highest BCUT2D eigenvalue weighted by Gasteiger charge is 2.02. The average Bonchev–Trinajstić information content (AvgIpc) is 2.80. The molecular formula is C25H50O7. The van der Waals surface area contributed by atoms with E-state index in [0.29, 0.717) is 72.5 Å². The van der Waals surface area contributed by atoms with Crippen molar-refractivity contribution >= 4 is 5.97 Å². The van der Waals surface area contributed by atoms with Gasteiger partial charge in [0.25, 0.3) is 0 Å². The molecule has 0 spiro atoms. The zero-order valence-electron chi connectivity index (χ0n) is 20.9.